The van der Waals surface area contributed by atoms with Crippen molar-refractivity contribution >= 4 is 15.9 Å². The van der Waals surface area contributed by atoms with Crippen LogP contribution in [0.15, 0.2) is 48.5 Å². The Kier molecular flexibility index (Phi) is 6.17. The van der Waals surface area contributed by atoms with Crippen LogP contribution in [-0.2, 0) is 21.2 Å². The van der Waals surface area contributed by atoms with Crippen LogP contribution in [0.1, 0.15) is 18.4 Å². The molecule has 2 aliphatic heterocycles. The summed E-state index contributed by atoms with van der Waals surface area (Å²) in [6.07, 6.45) is -0.803. The molecule has 2 heterocycles. The van der Waals surface area contributed by atoms with Crippen LogP contribution >= 0.6 is 0 Å². The smallest absolute Gasteiger partial charge is 0.267 e. The van der Waals surface area contributed by atoms with E-state index in [0.29, 0.717) is 11.3 Å². The third-order valence-corrected chi connectivity index (χ3v) is 6.74. The molecular formula is C22H23F3N2O4S. The summed E-state index contributed by atoms with van der Waals surface area (Å²) in [7, 11) is -4.58. The van der Waals surface area contributed by atoms with Gasteiger partial charge in [-0.2, -0.15) is 0 Å². The number of sulfonamides is 1. The molecule has 2 aromatic carbocycles. The summed E-state index contributed by atoms with van der Waals surface area (Å²) in [4.78, 5) is 14.2. The number of nitrogens with one attached hydrogen (secondary N) is 1. The molecule has 2 atom stereocenters. The van der Waals surface area contributed by atoms with Crippen molar-refractivity contribution in [1.82, 2.24) is 9.62 Å². The fraction of sp³-hybridized carbons (Fsp3) is 0.409. The van der Waals surface area contributed by atoms with Gasteiger partial charge in [-0.1, -0.05) is 42.5 Å². The Bertz CT molecular complexity index is 1110. The summed E-state index contributed by atoms with van der Waals surface area (Å²) in [5.41, 5.74) is 2.24. The van der Waals surface area contributed by atoms with Crippen molar-refractivity contribution in [3.05, 3.63) is 54.1 Å². The van der Waals surface area contributed by atoms with Crippen LogP contribution in [-0.4, -0.2) is 56.4 Å². The Labute approximate surface area is 184 Å². The fourth-order valence-corrected chi connectivity index (χ4v) is 5.09. The maximum atomic E-state index is 14.9. The highest BCUT2D eigenvalue weighted by Gasteiger charge is 2.52. The Morgan fingerprint density at radius 3 is 2.72 bits per heavy atom. The summed E-state index contributed by atoms with van der Waals surface area (Å²) >= 11 is 0. The van der Waals surface area contributed by atoms with Gasteiger partial charge in [-0.15, -0.1) is 0 Å². The normalized spacial score (nSPS) is 23.2. The SMILES string of the molecule is O=C1CCOc2ccccc2-c2cccc(c2)CC2C(NS(=O)(=O)CF)C(F)(F)CCN12. The van der Waals surface area contributed by atoms with E-state index in [4.69, 9.17) is 4.74 Å². The van der Waals surface area contributed by atoms with Crippen molar-refractivity contribution in [2.24, 2.45) is 0 Å². The number of piperidine rings is 1. The van der Waals surface area contributed by atoms with Gasteiger partial charge in [0.15, 0.2) is 0 Å². The average Bonchev–Trinajstić information content (AvgIpc) is 2.76. The quantitative estimate of drug-likeness (QED) is 0.751. The largest absolute Gasteiger partial charge is 0.492 e. The van der Waals surface area contributed by atoms with Crippen molar-refractivity contribution in [2.75, 3.05) is 19.2 Å². The van der Waals surface area contributed by atoms with Crippen LogP contribution in [0.4, 0.5) is 13.2 Å². The first-order valence-electron chi connectivity index (χ1n) is 10.2. The van der Waals surface area contributed by atoms with Gasteiger partial charge in [-0.25, -0.2) is 26.3 Å². The standard InChI is InChI=1S/C22H23F3N2O4S/c23-14-32(29,30)26-21-18-13-15-4-3-5-16(12-15)17-6-1-2-7-19(17)31-11-8-20(28)27(18)10-9-22(21,24)25/h1-7,12,18,21,26H,8-11,13-14H2. The van der Waals surface area contributed by atoms with E-state index in [-0.39, 0.29) is 26.0 Å². The van der Waals surface area contributed by atoms with Crippen LogP contribution in [0, 0.1) is 0 Å². The lowest BCUT2D eigenvalue weighted by atomic mass is 9.87. The number of fused-ring (bicyclic) bond motifs is 5. The lowest BCUT2D eigenvalue weighted by Gasteiger charge is -2.45. The molecule has 4 rings (SSSR count). The average molecular weight is 468 g/mol. The summed E-state index contributed by atoms with van der Waals surface area (Å²) in [6.45, 7) is -0.198. The molecule has 1 N–H and O–H groups in total. The molecule has 0 saturated carbocycles. The summed E-state index contributed by atoms with van der Waals surface area (Å²) in [5, 5.41) is 0. The highest BCUT2D eigenvalue weighted by atomic mass is 32.2. The number of carbonyl (C=O) groups excluding carboxylic acids is 1. The number of halogens is 3. The second-order valence-corrected chi connectivity index (χ2v) is 9.67. The first-order valence-corrected chi connectivity index (χ1v) is 11.9. The predicted octanol–water partition coefficient (Wildman–Crippen LogP) is 3.13. The number of ether oxygens (including phenoxy) is 1. The molecule has 2 aliphatic rings. The van der Waals surface area contributed by atoms with Gasteiger partial charge in [-0.3, -0.25) is 4.79 Å². The minimum Gasteiger partial charge on any atom is -0.492 e. The third-order valence-electron chi connectivity index (χ3n) is 5.84. The lowest BCUT2D eigenvalue weighted by Crippen LogP contribution is -2.66. The van der Waals surface area contributed by atoms with Gasteiger partial charge in [0.2, 0.25) is 21.9 Å². The van der Waals surface area contributed by atoms with Crippen molar-refractivity contribution in [3.63, 3.8) is 0 Å². The molecule has 32 heavy (non-hydrogen) atoms. The first-order chi connectivity index (χ1) is 15.2. The number of hydrogen-bond donors (Lipinski definition) is 1. The monoisotopic (exact) mass is 468 g/mol. The van der Waals surface area contributed by atoms with E-state index < -0.39 is 46.4 Å². The highest BCUT2D eigenvalue weighted by Crippen LogP contribution is 2.36. The number of rotatable bonds is 3. The Hall–Kier alpha value is -2.59. The van der Waals surface area contributed by atoms with Gasteiger partial charge < -0.3 is 9.64 Å². The van der Waals surface area contributed by atoms with E-state index in [0.717, 1.165) is 11.1 Å². The third kappa shape index (κ3) is 4.61. The fourth-order valence-electron chi connectivity index (χ4n) is 4.31. The molecule has 2 aromatic rings. The van der Waals surface area contributed by atoms with Gasteiger partial charge in [-0.05, 0) is 23.6 Å². The molecule has 1 amide bonds. The number of para-hydroxylation sites is 1. The molecule has 10 heteroatoms. The van der Waals surface area contributed by atoms with Crippen molar-refractivity contribution in [2.45, 2.75) is 37.3 Å². The topological polar surface area (TPSA) is 75.7 Å². The van der Waals surface area contributed by atoms with E-state index in [1.807, 2.05) is 29.0 Å². The van der Waals surface area contributed by atoms with E-state index in [1.165, 1.54) is 4.90 Å². The Balaban J connectivity index is 1.79. The highest BCUT2D eigenvalue weighted by molar-refractivity contribution is 7.89. The Morgan fingerprint density at radius 1 is 1.16 bits per heavy atom. The van der Waals surface area contributed by atoms with Crippen molar-refractivity contribution < 1.29 is 31.1 Å². The molecule has 6 nitrogen and oxygen atoms in total. The molecule has 1 saturated heterocycles. The second-order valence-electron chi connectivity index (χ2n) is 7.98. The van der Waals surface area contributed by atoms with Gasteiger partial charge in [0.25, 0.3) is 5.92 Å². The molecule has 2 bridgehead atoms. The van der Waals surface area contributed by atoms with Crippen LogP contribution in [0.5, 0.6) is 5.75 Å². The van der Waals surface area contributed by atoms with Crippen LogP contribution in [0.2, 0.25) is 0 Å². The maximum Gasteiger partial charge on any atom is 0.267 e. The van der Waals surface area contributed by atoms with Gasteiger partial charge >= 0.3 is 0 Å². The van der Waals surface area contributed by atoms with Gasteiger partial charge in [0.1, 0.15) is 11.8 Å². The molecule has 0 aromatic heterocycles. The number of carbonyl (C=O) groups is 1. The Morgan fingerprint density at radius 2 is 1.94 bits per heavy atom. The summed E-state index contributed by atoms with van der Waals surface area (Å²) in [6, 6.07) is 9.54. The summed E-state index contributed by atoms with van der Waals surface area (Å²) in [5.74, 6) is -3.26. The van der Waals surface area contributed by atoms with Gasteiger partial charge in [0.05, 0.1) is 19.1 Å². The number of hydrogen-bond acceptors (Lipinski definition) is 4. The molecule has 0 aliphatic carbocycles. The van der Waals surface area contributed by atoms with E-state index in [9.17, 15) is 26.4 Å². The number of benzene rings is 2. The van der Waals surface area contributed by atoms with E-state index in [2.05, 4.69) is 0 Å². The van der Waals surface area contributed by atoms with Crippen LogP contribution < -0.4 is 9.46 Å². The molecule has 2 unspecified atom stereocenters. The molecule has 172 valence electrons. The zero-order valence-corrected chi connectivity index (χ0v) is 18.0. The number of amides is 1. The second kappa shape index (κ2) is 8.74. The zero-order chi connectivity index (χ0) is 22.9. The van der Waals surface area contributed by atoms with Gasteiger partial charge in [0, 0.05) is 18.5 Å². The predicted molar refractivity (Wildman–Crippen MR) is 113 cm³/mol. The van der Waals surface area contributed by atoms with Crippen molar-refractivity contribution in [3.8, 4) is 16.9 Å². The number of alkyl halides is 3. The summed E-state index contributed by atoms with van der Waals surface area (Å²) < 4.78 is 74.0. The zero-order valence-electron chi connectivity index (χ0n) is 17.1. The lowest BCUT2D eigenvalue weighted by molar-refractivity contribution is -0.148. The van der Waals surface area contributed by atoms with Crippen LogP contribution in [0.3, 0.4) is 0 Å². The van der Waals surface area contributed by atoms with E-state index in [1.54, 1.807) is 24.3 Å². The molecule has 0 spiro atoms. The minimum atomic E-state index is -4.58. The molecule has 1 fully saturated rings. The van der Waals surface area contributed by atoms with Crippen LogP contribution in [0.25, 0.3) is 11.1 Å². The maximum absolute atomic E-state index is 14.9. The minimum absolute atomic E-state index is 0.0162. The first kappa shape index (κ1) is 22.6. The van der Waals surface area contributed by atoms with E-state index >= 15 is 0 Å². The molecular weight excluding hydrogens is 445 g/mol. The number of nitrogens with zero attached hydrogens (tertiary/aromatic N) is 1. The van der Waals surface area contributed by atoms with Crippen molar-refractivity contribution in [1.29, 1.82) is 0 Å². The molecule has 0 radical (unpaired) electrons.